The zero-order valence-electron chi connectivity index (χ0n) is 14.2. The van der Waals surface area contributed by atoms with Crippen LogP contribution in [0.15, 0.2) is 0 Å². The number of aryl methyl sites for hydroxylation is 1. The minimum absolute atomic E-state index is 0.430. The highest BCUT2D eigenvalue weighted by atomic mass is 16.1. The van der Waals surface area contributed by atoms with Crippen molar-refractivity contribution in [1.82, 2.24) is 9.78 Å². The van der Waals surface area contributed by atoms with Gasteiger partial charge in [-0.25, -0.2) is 0 Å². The minimum atomic E-state index is 0.430. The highest BCUT2D eigenvalue weighted by molar-refractivity contribution is 5.72. The summed E-state index contributed by atoms with van der Waals surface area (Å²) in [4.78, 5) is 10.7. The largest absolute Gasteiger partial charge is 0.313 e. The third-order valence-corrected chi connectivity index (χ3v) is 3.17. The predicted molar refractivity (Wildman–Crippen MR) is 86.1 cm³/mol. The van der Waals surface area contributed by atoms with Crippen LogP contribution in [-0.4, -0.2) is 16.2 Å². The predicted octanol–water partition coefficient (Wildman–Crippen LogP) is 4.12. The summed E-state index contributed by atoms with van der Waals surface area (Å²) in [6.07, 6.45) is 3.94. The molecule has 1 rings (SSSR count). The number of anilines is 1. The lowest BCUT2D eigenvalue weighted by atomic mass is 9.93. The van der Waals surface area contributed by atoms with Gasteiger partial charge < -0.3 is 5.32 Å². The fraction of sp³-hybridized carbons (Fsp3) is 0.750. The Bertz CT molecular complexity index is 397. The third-order valence-electron chi connectivity index (χ3n) is 3.17. The summed E-state index contributed by atoms with van der Waals surface area (Å²) in [7, 11) is 1.89. The Morgan fingerprint density at radius 2 is 1.90 bits per heavy atom. The number of hydrogen-bond donors (Lipinski definition) is 1. The SMILES string of the molecule is CC.CCCC(C)c1c(CC(C)C)nn(C)c1NC=O. The smallest absolute Gasteiger partial charge is 0.212 e. The summed E-state index contributed by atoms with van der Waals surface area (Å²) in [6, 6.07) is 0. The molecule has 0 aliphatic heterocycles. The van der Waals surface area contributed by atoms with Gasteiger partial charge in [0.05, 0.1) is 5.69 Å². The van der Waals surface area contributed by atoms with E-state index in [1.807, 2.05) is 20.9 Å². The van der Waals surface area contributed by atoms with E-state index in [4.69, 9.17) is 0 Å². The monoisotopic (exact) mass is 281 g/mol. The second-order valence-electron chi connectivity index (χ2n) is 5.38. The Morgan fingerprint density at radius 1 is 1.30 bits per heavy atom. The van der Waals surface area contributed by atoms with Crippen LogP contribution in [0.3, 0.4) is 0 Å². The van der Waals surface area contributed by atoms with Gasteiger partial charge in [-0.1, -0.05) is 48.0 Å². The van der Waals surface area contributed by atoms with Gasteiger partial charge >= 0.3 is 0 Å². The number of aromatic nitrogens is 2. The van der Waals surface area contributed by atoms with Gasteiger partial charge in [-0.3, -0.25) is 9.48 Å². The molecule has 1 unspecified atom stereocenters. The molecule has 1 aromatic heterocycles. The van der Waals surface area contributed by atoms with Crippen molar-refractivity contribution < 1.29 is 4.79 Å². The molecule has 1 heterocycles. The van der Waals surface area contributed by atoms with Gasteiger partial charge in [0.2, 0.25) is 6.41 Å². The topological polar surface area (TPSA) is 46.9 Å². The molecule has 1 amide bonds. The van der Waals surface area contributed by atoms with Gasteiger partial charge in [0, 0.05) is 12.6 Å². The van der Waals surface area contributed by atoms with Gasteiger partial charge in [-0.15, -0.1) is 0 Å². The summed E-state index contributed by atoms with van der Waals surface area (Å²) in [5.74, 6) is 1.85. The van der Waals surface area contributed by atoms with Crippen molar-refractivity contribution in [1.29, 1.82) is 0 Å². The normalized spacial score (nSPS) is 11.8. The van der Waals surface area contributed by atoms with E-state index in [9.17, 15) is 4.79 Å². The van der Waals surface area contributed by atoms with Crippen LogP contribution in [0.1, 0.15) is 71.6 Å². The fourth-order valence-corrected chi connectivity index (χ4v) is 2.46. The van der Waals surface area contributed by atoms with Crippen LogP contribution in [0.4, 0.5) is 5.82 Å². The molecule has 0 aliphatic carbocycles. The number of carbonyl (C=O) groups excluding carboxylic acids is 1. The Kier molecular flexibility index (Phi) is 8.93. The van der Waals surface area contributed by atoms with E-state index in [-0.39, 0.29) is 0 Å². The van der Waals surface area contributed by atoms with Gasteiger partial charge in [0.15, 0.2) is 0 Å². The Labute approximate surface area is 124 Å². The lowest BCUT2D eigenvalue weighted by molar-refractivity contribution is -0.105. The van der Waals surface area contributed by atoms with E-state index < -0.39 is 0 Å². The quantitative estimate of drug-likeness (QED) is 0.764. The molecule has 0 saturated heterocycles. The van der Waals surface area contributed by atoms with E-state index in [1.54, 1.807) is 4.68 Å². The van der Waals surface area contributed by atoms with E-state index in [0.29, 0.717) is 11.8 Å². The molecule has 1 aromatic rings. The van der Waals surface area contributed by atoms with Gasteiger partial charge in [-0.2, -0.15) is 5.10 Å². The van der Waals surface area contributed by atoms with E-state index in [1.165, 1.54) is 5.56 Å². The van der Waals surface area contributed by atoms with Crippen LogP contribution in [-0.2, 0) is 18.3 Å². The average molecular weight is 281 g/mol. The first-order valence-corrected chi connectivity index (χ1v) is 7.77. The van der Waals surface area contributed by atoms with Crippen LogP contribution >= 0.6 is 0 Å². The highest BCUT2D eigenvalue weighted by Crippen LogP contribution is 2.31. The average Bonchev–Trinajstić information content (AvgIpc) is 2.68. The molecule has 0 spiro atoms. The van der Waals surface area contributed by atoms with Crippen LogP contribution in [0.25, 0.3) is 0 Å². The van der Waals surface area contributed by atoms with Gasteiger partial charge in [0.1, 0.15) is 5.82 Å². The van der Waals surface area contributed by atoms with Crippen molar-refractivity contribution in [2.75, 3.05) is 5.32 Å². The molecule has 4 nitrogen and oxygen atoms in total. The minimum Gasteiger partial charge on any atom is -0.313 e. The van der Waals surface area contributed by atoms with Crippen LogP contribution in [0, 0.1) is 5.92 Å². The highest BCUT2D eigenvalue weighted by Gasteiger charge is 2.21. The maximum atomic E-state index is 10.7. The van der Waals surface area contributed by atoms with Crippen molar-refractivity contribution in [2.24, 2.45) is 13.0 Å². The standard InChI is InChI=1S/C14H25N3O.C2H6/c1-6-7-11(4)13-12(8-10(2)3)16-17(5)14(13)15-9-18;1-2/h9-11H,6-8H2,1-5H3,(H,15,18);1-2H3. The van der Waals surface area contributed by atoms with Crippen molar-refractivity contribution >= 4 is 12.2 Å². The Balaban J connectivity index is 0.00000172. The number of nitrogens with one attached hydrogen (secondary N) is 1. The molecular formula is C16H31N3O. The maximum absolute atomic E-state index is 10.7. The van der Waals surface area contributed by atoms with E-state index in [2.05, 4.69) is 38.1 Å². The molecule has 116 valence electrons. The molecule has 0 aliphatic rings. The van der Waals surface area contributed by atoms with Crippen molar-refractivity contribution in [2.45, 2.75) is 66.7 Å². The molecule has 0 radical (unpaired) electrons. The summed E-state index contributed by atoms with van der Waals surface area (Å²) in [5, 5.41) is 7.37. The van der Waals surface area contributed by atoms with Crippen molar-refractivity contribution in [3.8, 4) is 0 Å². The second-order valence-corrected chi connectivity index (χ2v) is 5.38. The molecule has 4 heteroatoms. The summed E-state index contributed by atoms with van der Waals surface area (Å²) >= 11 is 0. The molecular weight excluding hydrogens is 250 g/mol. The first-order chi connectivity index (χ1) is 9.51. The van der Waals surface area contributed by atoms with E-state index in [0.717, 1.165) is 37.2 Å². The Morgan fingerprint density at radius 3 is 2.35 bits per heavy atom. The van der Waals surface area contributed by atoms with Crippen LogP contribution in [0.5, 0.6) is 0 Å². The molecule has 0 saturated carbocycles. The third kappa shape index (κ3) is 4.99. The number of rotatable bonds is 7. The number of nitrogens with zero attached hydrogens (tertiary/aromatic N) is 2. The molecule has 0 bridgehead atoms. The first kappa shape index (κ1) is 18.7. The molecule has 20 heavy (non-hydrogen) atoms. The summed E-state index contributed by atoms with van der Waals surface area (Å²) in [5.41, 5.74) is 2.33. The number of amides is 1. The lowest BCUT2D eigenvalue weighted by Gasteiger charge is -2.14. The zero-order chi connectivity index (χ0) is 15.7. The van der Waals surface area contributed by atoms with Crippen molar-refractivity contribution in [3.05, 3.63) is 11.3 Å². The maximum Gasteiger partial charge on any atom is 0.212 e. The van der Waals surface area contributed by atoms with Crippen LogP contribution < -0.4 is 5.32 Å². The zero-order valence-corrected chi connectivity index (χ0v) is 14.2. The molecule has 0 aromatic carbocycles. The van der Waals surface area contributed by atoms with Crippen LogP contribution in [0.2, 0.25) is 0 Å². The van der Waals surface area contributed by atoms with E-state index >= 15 is 0 Å². The number of carbonyl (C=O) groups is 1. The molecule has 1 N–H and O–H groups in total. The summed E-state index contributed by atoms with van der Waals surface area (Å²) < 4.78 is 1.79. The summed E-state index contributed by atoms with van der Waals surface area (Å²) in [6.45, 7) is 12.8. The first-order valence-electron chi connectivity index (χ1n) is 7.77. The van der Waals surface area contributed by atoms with Gasteiger partial charge in [0.25, 0.3) is 0 Å². The van der Waals surface area contributed by atoms with Crippen molar-refractivity contribution in [3.63, 3.8) is 0 Å². The molecule has 0 fully saturated rings. The van der Waals surface area contributed by atoms with Gasteiger partial charge in [-0.05, 0) is 24.7 Å². The number of hydrogen-bond acceptors (Lipinski definition) is 2. The molecule has 1 atom stereocenters. The second kappa shape index (κ2) is 9.56. The fourth-order valence-electron chi connectivity index (χ4n) is 2.46. The Hall–Kier alpha value is -1.32. The lowest BCUT2D eigenvalue weighted by Crippen LogP contribution is -2.06.